The van der Waals surface area contributed by atoms with Gasteiger partial charge in [-0.1, -0.05) is 18.2 Å². The predicted molar refractivity (Wildman–Crippen MR) is 89.8 cm³/mol. The Kier molecular flexibility index (Phi) is 5.90. The number of aryl methyl sites for hydroxylation is 1. The van der Waals surface area contributed by atoms with Gasteiger partial charge in [-0.25, -0.2) is 4.68 Å². The van der Waals surface area contributed by atoms with Crippen LogP contribution in [-0.2, 0) is 11.3 Å². The number of nitrogens with zero attached hydrogens (tertiary/aromatic N) is 4. The molecular formula is C17H24N4O2. The standard InChI is InChI=1S/C17H24N4O2/c1-14-6-4-5-7-16(14)21-12-15(10-18-21)11-20(13-17(22)23)9-8-19(2)3/h4-7,10,12H,8-9,11,13H2,1-3H3,(H,22,23). The van der Waals surface area contributed by atoms with Crippen molar-refractivity contribution in [2.45, 2.75) is 13.5 Å². The molecule has 0 radical (unpaired) electrons. The first-order valence-electron chi connectivity index (χ1n) is 7.64. The number of benzene rings is 1. The number of para-hydroxylation sites is 1. The SMILES string of the molecule is Cc1ccccc1-n1cc(CN(CCN(C)C)CC(=O)O)cn1. The van der Waals surface area contributed by atoms with E-state index in [-0.39, 0.29) is 6.54 Å². The van der Waals surface area contributed by atoms with Gasteiger partial charge in [-0.2, -0.15) is 5.10 Å². The number of carbonyl (C=O) groups is 1. The van der Waals surface area contributed by atoms with Crippen LogP contribution in [0.15, 0.2) is 36.7 Å². The fraction of sp³-hybridized carbons (Fsp3) is 0.412. The third-order valence-corrected chi connectivity index (χ3v) is 3.63. The Hall–Kier alpha value is -2.18. The fourth-order valence-corrected chi connectivity index (χ4v) is 2.40. The van der Waals surface area contributed by atoms with E-state index in [1.165, 1.54) is 0 Å². The number of hydrogen-bond donors (Lipinski definition) is 1. The van der Waals surface area contributed by atoms with Crippen molar-refractivity contribution < 1.29 is 9.90 Å². The van der Waals surface area contributed by atoms with Gasteiger partial charge in [0.2, 0.25) is 0 Å². The van der Waals surface area contributed by atoms with E-state index in [0.717, 1.165) is 23.4 Å². The average molecular weight is 316 g/mol. The third kappa shape index (κ3) is 5.19. The summed E-state index contributed by atoms with van der Waals surface area (Å²) in [7, 11) is 3.96. The molecule has 0 atom stereocenters. The summed E-state index contributed by atoms with van der Waals surface area (Å²) in [6.07, 6.45) is 3.77. The van der Waals surface area contributed by atoms with Gasteiger partial charge >= 0.3 is 5.97 Å². The number of carboxylic acids is 1. The van der Waals surface area contributed by atoms with E-state index in [1.807, 2.05) is 66.0 Å². The minimum absolute atomic E-state index is 0.0311. The van der Waals surface area contributed by atoms with Crippen LogP contribution in [0.3, 0.4) is 0 Å². The maximum absolute atomic E-state index is 11.0. The number of aromatic nitrogens is 2. The molecule has 0 amide bonds. The van der Waals surface area contributed by atoms with Crippen LogP contribution in [0.5, 0.6) is 0 Å². The molecule has 124 valence electrons. The largest absolute Gasteiger partial charge is 0.480 e. The quantitative estimate of drug-likeness (QED) is 0.802. The molecule has 6 nitrogen and oxygen atoms in total. The average Bonchev–Trinajstić information content (AvgIpc) is 2.93. The van der Waals surface area contributed by atoms with E-state index in [1.54, 1.807) is 6.20 Å². The van der Waals surface area contributed by atoms with Crippen molar-refractivity contribution in [3.63, 3.8) is 0 Å². The molecule has 0 saturated carbocycles. The van der Waals surface area contributed by atoms with Crippen molar-refractivity contribution in [1.82, 2.24) is 19.6 Å². The highest BCUT2D eigenvalue weighted by Gasteiger charge is 2.12. The number of rotatable bonds is 8. The molecule has 1 aromatic heterocycles. The minimum Gasteiger partial charge on any atom is -0.480 e. The molecule has 0 saturated heterocycles. The summed E-state index contributed by atoms with van der Waals surface area (Å²) in [4.78, 5) is 15.0. The molecule has 1 aromatic carbocycles. The number of likely N-dealkylation sites (N-methyl/N-ethyl adjacent to an activating group) is 1. The van der Waals surface area contributed by atoms with Gasteiger partial charge in [-0.05, 0) is 32.6 Å². The first-order chi connectivity index (χ1) is 11.0. The van der Waals surface area contributed by atoms with E-state index in [9.17, 15) is 4.79 Å². The highest BCUT2D eigenvalue weighted by atomic mass is 16.4. The Balaban J connectivity index is 2.08. The number of aliphatic carboxylic acids is 1. The molecule has 1 N–H and O–H groups in total. The Labute approximate surface area is 136 Å². The van der Waals surface area contributed by atoms with Crippen molar-refractivity contribution in [2.24, 2.45) is 0 Å². The monoisotopic (exact) mass is 316 g/mol. The van der Waals surface area contributed by atoms with Crippen LogP contribution in [0, 0.1) is 6.92 Å². The van der Waals surface area contributed by atoms with E-state index in [2.05, 4.69) is 5.10 Å². The van der Waals surface area contributed by atoms with Gasteiger partial charge < -0.3 is 10.0 Å². The van der Waals surface area contributed by atoms with Gasteiger partial charge in [0.05, 0.1) is 18.4 Å². The minimum atomic E-state index is -0.810. The molecule has 6 heteroatoms. The molecule has 0 aliphatic rings. The van der Waals surface area contributed by atoms with Gasteiger partial charge in [-0.15, -0.1) is 0 Å². The molecule has 0 spiro atoms. The van der Waals surface area contributed by atoms with Gasteiger partial charge in [0, 0.05) is 31.4 Å². The van der Waals surface area contributed by atoms with Crippen LogP contribution in [0.2, 0.25) is 0 Å². The zero-order valence-corrected chi connectivity index (χ0v) is 13.9. The zero-order chi connectivity index (χ0) is 16.8. The molecular weight excluding hydrogens is 292 g/mol. The lowest BCUT2D eigenvalue weighted by molar-refractivity contribution is -0.138. The molecule has 23 heavy (non-hydrogen) atoms. The first kappa shape index (κ1) is 17.2. The lowest BCUT2D eigenvalue weighted by atomic mass is 10.2. The van der Waals surface area contributed by atoms with Crippen molar-refractivity contribution >= 4 is 5.97 Å². The van der Waals surface area contributed by atoms with E-state index >= 15 is 0 Å². The number of hydrogen-bond acceptors (Lipinski definition) is 4. The number of carboxylic acid groups (broad SMARTS) is 1. The Bertz CT molecular complexity index is 652. The summed E-state index contributed by atoms with van der Waals surface area (Å²) in [5, 5.41) is 13.5. The van der Waals surface area contributed by atoms with Gasteiger partial charge in [-0.3, -0.25) is 9.69 Å². The third-order valence-electron chi connectivity index (χ3n) is 3.63. The van der Waals surface area contributed by atoms with Gasteiger partial charge in [0.15, 0.2) is 0 Å². The predicted octanol–water partition coefficient (Wildman–Crippen LogP) is 1.63. The van der Waals surface area contributed by atoms with E-state index in [0.29, 0.717) is 13.1 Å². The fourth-order valence-electron chi connectivity index (χ4n) is 2.40. The van der Waals surface area contributed by atoms with E-state index in [4.69, 9.17) is 5.11 Å². The second-order valence-corrected chi connectivity index (χ2v) is 5.99. The topological polar surface area (TPSA) is 61.6 Å². The van der Waals surface area contributed by atoms with Gasteiger partial charge in [0.1, 0.15) is 0 Å². The normalized spacial score (nSPS) is 11.3. The van der Waals surface area contributed by atoms with Crippen LogP contribution in [0.1, 0.15) is 11.1 Å². The summed E-state index contributed by atoms with van der Waals surface area (Å²) in [6.45, 7) is 4.17. The highest BCUT2D eigenvalue weighted by molar-refractivity contribution is 5.69. The summed E-state index contributed by atoms with van der Waals surface area (Å²) in [6, 6.07) is 8.05. The molecule has 0 fully saturated rings. The molecule has 0 bridgehead atoms. The van der Waals surface area contributed by atoms with Crippen molar-refractivity contribution in [3.05, 3.63) is 47.8 Å². The van der Waals surface area contributed by atoms with Crippen LogP contribution < -0.4 is 0 Å². The van der Waals surface area contributed by atoms with Crippen molar-refractivity contribution in [3.8, 4) is 5.69 Å². The molecule has 0 aliphatic carbocycles. The van der Waals surface area contributed by atoms with E-state index < -0.39 is 5.97 Å². The smallest absolute Gasteiger partial charge is 0.317 e. The second-order valence-electron chi connectivity index (χ2n) is 5.99. The van der Waals surface area contributed by atoms with Crippen LogP contribution in [0.4, 0.5) is 0 Å². The highest BCUT2D eigenvalue weighted by Crippen LogP contribution is 2.14. The Morgan fingerprint density at radius 3 is 2.65 bits per heavy atom. The molecule has 2 aromatic rings. The summed E-state index contributed by atoms with van der Waals surface area (Å²) in [5.41, 5.74) is 3.20. The molecule has 0 unspecified atom stereocenters. The van der Waals surface area contributed by atoms with Gasteiger partial charge in [0.25, 0.3) is 0 Å². The first-order valence-corrected chi connectivity index (χ1v) is 7.64. The molecule has 1 heterocycles. The lowest BCUT2D eigenvalue weighted by Crippen LogP contribution is -2.35. The molecule has 2 rings (SSSR count). The summed E-state index contributed by atoms with van der Waals surface area (Å²) >= 11 is 0. The van der Waals surface area contributed by atoms with Crippen LogP contribution in [-0.4, -0.2) is 64.4 Å². The maximum Gasteiger partial charge on any atom is 0.317 e. The Morgan fingerprint density at radius 2 is 2.00 bits per heavy atom. The zero-order valence-electron chi connectivity index (χ0n) is 13.9. The lowest BCUT2D eigenvalue weighted by Gasteiger charge is -2.21. The molecule has 0 aliphatic heterocycles. The maximum atomic E-state index is 11.0. The van der Waals surface area contributed by atoms with Crippen LogP contribution >= 0.6 is 0 Å². The van der Waals surface area contributed by atoms with Crippen molar-refractivity contribution in [2.75, 3.05) is 33.7 Å². The van der Waals surface area contributed by atoms with Crippen LogP contribution in [0.25, 0.3) is 5.69 Å². The summed E-state index contributed by atoms with van der Waals surface area (Å²) in [5.74, 6) is -0.810. The van der Waals surface area contributed by atoms with Crippen molar-refractivity contribution in [1.29, 1.82) is 0 Å². The second kappa shape index (κ2) is 7.89. The Morgan fingerprint density at radius 1 is 1.26 bits per heavy atom. The summed E-state index contributed by atoms with van der Waals surface area (Å²) < 4.78 is 1.84.